The van der Waals surface area contributed by atoms with Crippen LogP contribution in [0.25, 0.3) is 10.9 Å². The maximum Gasteiger partial charge on any atom is 0.250 e. The molecule has 24 heavy (non-hydrogen) atoms. The van der Waals surface area contributed by atoms with Crippen LogP contribution in [0.3, 0.4) is 0 Å². The summed E-state index contributed by atoms with van der Waals surface area (Å²) in [6.07, 6.45) is 0. The Kier molecular flexibility index (Phi) is 4.33. The van der Waals surface area contributed by atoms with Crippen molar-refractivity contribution in [3.05, 3.63) is 65.4 Å². The largest absolute Gasteiger partial charge is 0.497 e. The number of fused-ring (bicyclic) bond motifs is 1. The number of ether oxygens (including phenoxy) is 1. The van der Waals surface area contributed by atoms with Crippen LogP contribution in [0.1, 0.15) is 21.6 Å². The maximum absolute atomic E-state index is 11.6. The summed E-state index contributed by atoms with van der Waals surface area (Å²) in [6.45, 7) is 2.55. The van der Waals surface area contributed by atoms with Crippen molar-refractivity contribution in [1.82, 2.24) is 4.98 Å². The topological polar surface area (TPSA) is 77.2 Å². The molecule has 0 aliphatic carbocycles. The van der Waals surface area contributed by atoms with Gasteiger partial charge in [-0.3, -0.25) is 9.78 Å². The van der Waals surface area contributed by atoms with Crippen molar-refractivity contribution in [2.45, 2.75) is 13.5 Å². The second-order valence-corrected chi connectivity index (χ2v) is 5.58. The predicted octanol–water partition coefficient (Wildman–Crippen LogP) is 3.26. The van der Waals surface area contributed by atoms with E-state index in [1.165, 1.54) is 0 Å². The SMILES string of the molecule is COc1ccc(CNc2cc(C)nc3c(C(N)=O)cccc23)cc1. The number of rotatable bonds is 5. The number of carbonyl (C=O) groups is 1. The van der Waals surface area contributed by atoms with Gasteiger partial charge < -0.3 is 15.8 Å². The highest BCUT2D eigenvalue weighted by molar-refractivity contribution is 6.07. The standard InChI is InChI=1S/C19H19N3O2/c1-12-10-17(21-11-13-6-8-14(24-2)9-7-13)15-4-3-5-16(19(20)23)18(15)22-12/h3-10H,11H2,1-2H3,(H2,20,23)(H,21,22). The van der Waals surface area contributed by atoms with Gasteiger partial charge in [-0.15, -0.1) is 0 Å². The lowest BCUT2D eigenvalue weighted by Crippen LogP contribution is -2.12. The number of aromatic nitrogens is 1. The summed E-state index contributed by atoms with van der Waals surface area (Å²) in [6, 6.07) is 15.3. The number of nitrogens with two attached hydrogens (primary N) is 1. The fourth-order valence-electron chi connectivity index (χ4n) is 2.66. The lowest BCUT2D eigenvalue weighted by atomic mass is 10.1. The highest BCUT2D eigenvalue weighted by Gasteiger charge is 2.11. The molecule has 3 rings (SSSR count). The highest BCUT2D eigenvalue weighted by Crippen LogP contribution is 2.26. The minimum absolute atomic E-state index is 0.434. The van der Waals surface area contributed by atoms with E-state index in [1.54, 1.807) is 13.2 Å². The van der Waals surface area contributed by atoms with Crippen molar-refractivity contribution in [2.75, 3.05) is 12.4 Å². The molecule has 2 aromatic carbocycles. The molecule has 1 aromatic heterocycles. The van der Waals surface area contributed by atoms with Crippen molar-refractivity contribution in [3.63, 3.8) is 0 Å². The molecule has 5 nitrogen and oxygen atoms in total. The summed E-state index contributed by atoms with van der Waals surface area (Å²) in [7, 11) is 1.65. The Morgan fingerprint density at radius 3 is 2.62 bits per heavy atom. The average Bonchev–Trinajstić information content (AvgIpc) is 2.59. The van der Waals surface area contributed by atoms with Crippen LogP contribution in [-0.2, 0) is 6.54 Å². The number of para-hydroxylation sites is 1. The van der Waals surface area contributed by atoms with E-state index >= 15 is 0 Å². The van der Waals surface area contributed by atoms with E-state index in [2.05, 4.69) is 10.3 Å². The van der Waals surface area contributed by atoms with E-state index < -0.39 is 5.91 Å². The molecule has 0 radical (unpaired) electrons. The van der Waals surface area contributed by atoms with Crippen molar-refractivity contribution in [1.29, 1.82) is 0 Å². The second kappa shape index (κ2) is 6.58. The monoisotopic (exact) mass is 321 g/mol. The zero-order valence-corrected chi connectivity index (χ0v) is 13.7. The van der Waals surface area contributed by atoms with Gasteiger partial charge in [0.15, 0.2) is 0 Å². The van der Waals surface area contributed by atoms with Crippen LogP contribution >= 0.6 is 0 Å². The van der Waals surface area contributed by atoms with E-state index in [-0.39, 0.29) is 0 Å². The van der Waals surface area contributed by atoms with Crippen LogP contribution in [-0.4, -0.2) is 18.0 Å². The molecular weight excluding hydrogens is 302 g/mol. The molecule has 0 aliphatic rings. The van der Waals surface area contributed by atoms with Crippen LogP contribution in [0.4, 0.5) is 5.69 Å². The normalized spacial score (nSPS) is 10.6. The number of carbonyl (C=O) groups excluding carboxylic acids is 1. The zero-order valence-electron chi connectivity index (χ0n) is 13.7. The number of hydrogen-bond acceptors (Lipinski definition) is 4. The van der Waals surface area contributed by atoms with Crippen molar-refractivity contribution < 1.29 is 9.53 Å². The Balaban J connectivity index is 1.93. The van der Waals surface area contributed by atoms with Gasteiger partial charge in [-0.2, -0.15) is 0 Å². The third-order valence-electron chi connectivity index (χ3n) is 3.88. The summed E-state index contributed by atoms with van der Waals surface area (Å²) < 4.78 is 5.17. The molecule has 0 saturated heterocycles. The van der Waals surface area contributed by atoms with Crippen molar-refractivity contribution in [3.8, 4) is 5.75 Å². The Bertz CT molecular complexity index is 889. The summed E-state index contributed by atoms with van der Waals surface area (Å²) in [5.41, 5.74) is 9.41. The Morgan fingerprint density at radius 1 is 1.21 bits per heavy atom. The fraction of sp³-hybridized carbons (Fsp3) is 0.158. The highest BCUT2D eigenvalue weighted by atomic mass is 16.5. The number of primary amides is 1. The summed E-state index contributed by atoms with van der Waals surface area (Å²) in [5, 5.41) is 4.30. The maximum atomic E-state index is 11.6. The Morgan fingerprint density at radius 2 is 1.96 bits per heavy atom. The minimum atomic E-state index is -0.472. The number of pyridine rings is 1. The summed E-state index contributed by atoms with van der Waals surface area (Å²) in [5.74, 6) is 0.356. The molecule has 0 spiro atoms. The van der Waals surface area contributed by atoms with Crippen LogP contribution < -0.4 is 15.8 Å². The van der Waals surface area contributed by atoms with Crippen LogP contribution in [0, 0.1) is 6.92 Å². The third-order valence-corrected chi connectivity index (χ3v) is 3.88. The molecule has 0 bridgehead atoms. The Hall–Kier alpha value is -3.08. The van der Waals surface area contributed by atoms with E-state index in [0.29, 0.717) is 17.6 Å². The van der Waals surface area contributed by atoms with Crippen LogP contribution in [0.15, 0.2) is 48.5 Å². The molecule has 0 aliphatic heterocycles. The van der Waals surface area contributed by atoms with Gasteiger partial charge in [0.05, 0.1) is 18.2 Å². The first-order valence-electron chi connectivity index (χ1n) is 7.65. The first kappa shape index (κ1) is 15.8. The molecule has 1 heterocycles. The number of benzene rings is 2. The quantitative estimate of drug-likeness (QED) is 0.756. The van der Waals surface area contributed by atoms with Gasteiger partial charge in [-0.25, -0.2) is 0 Å². The fourth-order valence-corrected chi connectivity index (χ4v) is 2.66. The van der Waals surface area contributed by atoms with Crippen LogP contribution in [0.2, 0.25) is 0 Å². The first-order chi connectivity index (χ1) is 11.6. The minimum Gasteiger partial charge on any atom is -0.497 e. The molecule has 3 aromatic rings. The number of nitrogens with zero attached hydrogens (tertiary/aromatic N) is 1. The zero-order chi connectivity index (χ0) is 17.1. The molecule has 0 unspecified atom stereocenters. The molecule has 5 heteroatoms. The molecule has 3 N–H and O–H groups in total. The number of methoxy groups -OCH3 is 1. The van der Waals surface area contributed by atoms with E-state index in [9.17, 15) is 4.79 Å². The Labute approximate surface area is 140 Å². The van der Waals surface area contributed by atoms with Gasteiger partial charge in [-0.05, 0) is 36.8 Å². The van der Waals surface area contributed by atoms with Gasteiger partial charge in [0.25, 0.3) is 5.91 Å². The van der Waals surface area contributed by atoms with Gasteiger partial charge >= 0.3 is 0 Å². The summed E-state index contributed by atoms with van der Waals surface area (Å²) >= 11 is 0. The van der Waals surface area contributed by atoms with E-state index in [1.807, 2.05) is 49.4 Å². The molecule has 122 valence electrons. The lowest BCUT2D eigenvalue weighted by Gasteiger charge is -2.12. The number of anilines is 1. The first-order valence-corrected chi connectivity index (χ1v) is 7.65. The van der Waals surface area contributed by atoms with Gasteiger partial charge in [0.1, 0.15) is 5.75 Å². The van der Waals surface area contributed by atoms with Gasteiger partial charge in [0, 0.05) is 23.3 Å². The molecule has 0 atom stereocenters. The third kappa shape index (κ3) is 3.15. The van der Waals surface area contributed by atoms with E-state index in [0.717, 1.165) is 28.1 Å². The van der Waals surface area contributed by atoms with E-state index in [4.69, 9.17) is 10.5 Å². The van der Waals surface area contributed by atoms with Gasteiger partial charge in [-0.1, -0.05) is 24.3 Å². The number of aryl methyl sites for hydroxylation is 1. The molecule has 1 amide bonds. The molecule has 0 saturated carbocycles. The van der Waals surface area contributed by atoms with Crippen molar-refractivity contribution in [2.24, 2.45) is 5.73 Å². The summed E-state index contributed by atoms with van der Waals surface area (Å²) in [4.78, 5) is 16.1. The second-order valence-electron chi connectivity index (χ2n) is 5.58. The number of nitrogens with one attached hydrogen (secondary N) is 1. The average molecular weight is 321 g/mol. The lowest BCUT2D eigenvalue weighted by molar-refractivity contribution is 0.100. The van der Waals surface area contributed by atoms with Crippen LogP contribution in [0.5, 0.6) is 5.75 Å². The smallest absolute Gasteiger partial charge is 0.250 e. The van der Waals surface area contributed by atoms with Crippen molar-refractivity contribution >= 4 is 22.5 Å². The predicted molar refractivity (Wildman–Crippen MR) is 95.3 cm³/mol. The molecule has 0 fully saturated rings. The number of amides is 1. The molecular formula is C19H19N3O2. The van der Waals surface area contributed by atoms with Gasteiger partial charge in [0.2, 0.25) is 0 Å². The number of hydrogen-bond donors (Lipinski definition) is 2.